The Labute approximate surface area is 166 Å². The van der Waals surface area contributed by atoms with Crippen molar-refractivity contribution in [1.82, 2.24) is 14.8 Å². The fraction of sp³-hybridized carbons (Fsp3) is 0.409. The normalized spacial score (nSPS) is 17.0. The monoisotopic (exact) mass is 378 g/mol. The van der Waals surface area contributed by atoms with Crippen molar-refractivity contribution in [2.24, 2.45) is 0 Å². The predicted octanol–water partition coefficient (Wildman–Crippen LogP) is 2.83. The molecule has 0 bridgehead atoms. The number of carbonyl (C=O) groups is 1. The first-order chi connectivity index (χ1) is 13.4. The van der Waals surface area contributed by atoms with E-state index in [2.05, 4.69) is 22.0 Å². The van der Waals surface area contributed by atoms with Crippen LogP contribution in [0.15, 0.2) is 48.8 Å². The lowest BCUT2D eigenvalue weighted by molar-refractivity contribution is -0.144. The first kappa shape index (κ1) is 20.0. The molecule has 146 valence electrons. The van der Waals surface area contributed by atoms with Gasteiger partial charge in [-0.3, -0.25) is 19.6 Å². The molecule has 6 heteroatoms. The van der Waals surface area contributed by atoms with Crippen LogP contribution in [0.3, 0.4) is 0 Å². The molecule has 3 rings (SSSR count). The summed E-state index contributed by atoms with van der Waals surface area (Å²) in [5.41, 5.74) is 2.23. The number of aromatic nitrogens is 1. The fourth-order valence-electron chi connectivity index (χ4n) is 3.59. The van der Waals surface area contributed by atoms with Crippen molar-refractivity contribution in [3.63, 3.8) is 0 Å². The topological polar surface area (TPSA) is 80.5 Å². The number of nitrogens with zero attached hydrogens (tertiary/aromatic N) is 4. The van der Waals surface area contributed by atoms with Crippen LogP contribution in [0.2, 0.25) is 0 Å². The van der Waals surface area contributed by atoms with E-state index in [1.807, 2.05) is 55.3 Å². The Morgan fingerprint density at radius 2 is 1.89 bits per heavy atom. The number of hydrogen-bond donors (Lipinski definition) is 1. The Morgan fingerprint density at radius 3 is 2.43 bits per heavy atom. The Bertz CT molecular complexity index is 835. The van der Waals surface area contributed by atoms with Crippen LogP contribution in [0.5, 0.6) is 0 Å². The maximum Gasteiger partial charge on any atom is 0.325 e. The Kier molecular flexibility index (Phi) is 6.08. The number of carboxylic acid groups (broad SMARTS) is 1. The molecule has 6 nitrogen and oxygen atoms in total. The Hall–Kier alpha value is -2.75. The highest BCUT2D eigenvalue weighted by Crippen LogP contribution is 2.27. The van der Waals surface area contributed by atoms with Gasteiger partial charge in [-0.25, -0.2) is 0 Å². The van der Waals surface area contributed by atoms with Gasteiger partial charge in [0.15, 0.2) is 0 Å². The summed E-state index contributed by atoms with van der Waals surface area (Å²) in [6.07, 6.45) is 3.64. The van der Waals surface area contributed by atoms with Crippen molar-refractivity contribution in [2.45, 2.75) is 31.8 Å². The van der Waals surface area contributed by atoms with Gasteiger partial charge in [0.05, 0.1) is 11.5 Å². The molecule has 0 radical (unpaired) electrons. The van der Waals surface area contributed by atoms with Crippen LogP contribution in [-0.4, -0.2) is 52.0 Å². The molecule has 0 aliphatic carbocycles. The second-order valence-corrected chi connectivity index (χ2v) is 7.77. The highest BCUT2D eigenvalue weighted by molar-refractivity contribution is 5.75. The smallest absolute Gasteiger partial charge is 0.325 e. The van der Waals surface area contributed by atoms with Crippen LogP contribution in [-0.2, 0) is 16.8 Å². The van der Waals surface area contributed by atoms with Crippen molar-refractivity contribution in [2.75, 3.05) is 26.2 Å². The average molecular weight is 378 g/mol. The molecule has 0 spiro atoms. The molecular formula is C22H26N4O2. The summed E-state index contributed by atoms with van der Waals surface area (Å²) < 4.78 is 0. The Morgan fingerprint density at radius 1 is 1.21 bits per heavy atom. The van der Waals surface area contributed by atoms with Crippen LogP contribution < -0.4 is 0 Å². The molecule has 1 atom stereocenters. The van der Waals surface area contributed by atoms with E-state index < -0.39 is 17.4 Å². The number of benzene rings is 1. The predicted molar refractivity (Wildman–Crippen MR) is 107 cm³/mol. The van der Waals surface area contributed by atoms with Gasteiger partial charge in [-0.15, -0.1) is 0 Å². The van der Waals surface area contributed by atoms with E-state index >= 15 is 0 Å². The molecule has 0 unspecified atom stereocenters. The van der Waals surface area contributed by atoms with Gasteiger partial charge < -0.3 is 5.11 Å². The van der Waals surface area contributed by atoms with Crippen molar-refractivity contribution >= 4 is 5.97 Å². The third kappa shape index (κ3) is 4.56. The standard InChI is InChI=1S/C22H26N4O2/c1-22(2,16-23)19-7-5-18(6-8-19)20(21(27)28)26-12-10-25(11-13-26)15-17-4-3-9-24-14-17/h3-9,14,20H,10-13,15H2,1-2H3,(H,27,28)/t20-/m0/s1. The Balaban J connectivity index is 1.67. The molecule has 0 saturated carbocycles. The van der Waals surface area contributed by atoms with Gasteiger partial charge in [-0.1, -0.05) is 30.3 Å². The number of hydrogen-bond acceptors (Lipinski definition) is 5. The van der Waals surface area contributed by atoms with Crippen molar-refractivity contribution in [3.8, 4) is 6.07 Å². The van der Waals surface area contributed by atoms with Gasteiger partial charge in [-0.05, 0) is 36.6 Å². The summed E-state index contributed by atoms with van der Waals surface area (Å²) in [6.45, 7) is 7.58. The van der Waals surface area contributed by atoms with E-state index in [-0.39, 0.29) is 0 Å². The largest absolute Gasteiger partial charge is 0.480 e. The van der Waals surface area contributed by atoms with Gasteiger partial charge in [-0.2, -0.15) is 5.26 Å². The summed E-state index contributed by atoms with van der Waals surface area (Å²) in [6, 6.07) is 13.0. The molecule has 1 aromatic carbocycles. The SMILES string of the molecule is CC(C)(C#N)c1ccc([C@@H](C(=O)O)N2CCN(Cc3cccnc3)CC2)cc1. The highest BCUT2D eigenvalue weighted by Gasteiger charge is 2.31. The second kappa shape index (κ2) is 8.51. The molecule has 1 saturated heterocycles. The van der Waals surface area contributed by atoms with Crippen molar-refractivity contribution < 1.29 is 9.90 Å². The molecule has 1 aliphatic heterocycles. The average Bonchev–Trinajstić information content (AvgIpc) is 2.70. The third-order valence-corrected chi connectivity index (χ3v) is 5.36. The molecule has 2 heterocycles. The zero-order chi connectivity index (χ0) is 20.1. The summed E-state index contributed by atoms with van der Waals surface area (Å²) in [5, 5.41) is 19.1. The lowest BCUT2D eigenvalue weighted by Gasteiger charge is -2.38. The lowest BCUT2D eigenvalue weighted by Crippen LogP contribution is -2.48. The number of aliphatic carboxylic acids is 1. The van der Waals surface area contributed by atoms with Crippen LogP contribution >= 0.6 is 0 Å². The number of carboxylic acids is 1. The molecule has 1 aromatic heterocycles. The van der Waals surface area contributed by atoms with Crippen molar-refractivity contribution in [3.05, 3.63) is 65.5 Å². The van der Waals surface area contributed by atoms with Crippen LogP contribution in [0.1, 0.15) is 36.6 Å². The number of rotatable bonds is 6. The number of pyridine rings is 1. The summed E-state index contributed by atoms with van der Waals surface area (Å²) in [5.74, 6) is -0.840. The molecule has 1 fully saturated rings. The van der Waals surface area contributed by atoms with Crippen LogP contribution in [0, 0.1) is 11.3 Å². The van der Waals surface area contributed by atoms with Gasteiger partial charge in [0.1, 0.15) is 6.04 Å². The second-order valence-electron chi connectivity index (χ2n) is 7.77. The highest BCUT2D eigenvalue weighted by atomic mass is 16.4. The van der Waals surface area contributed by atoms with Crippen LogP contribution in [0.25, 0.3) is 0 Å². The summed E-state index contributed by atoms with van der Waals surface area (Å²) in [7, 11) is 0. The molecular weight excluding hydrogens is 352 g/mol. The van der Waals surface area contributed by atoms with E-state index in [4.69, 9.17) is 0 Å². The third-order valence-electron chi connectivity index (χ3n) is 5.36. The lowest BCUT2D eigenvalue weighted by atomic mass is 9.85. The molecule has 0 amide bonds. The minimum Gasteiger partial charge on any atom is -0.480 e. The number of piperazine rings is 1. The molecule has 2 aromatic rings. The first-order valence-corrected chi connectivity index (χ1v) is 9.50. The van der Waals surface area contributed by atoms with Gasteiger partial charge in [0.25, 0.3) is 0 Å². The molecule has 28 heavy (non-hydrogen) atoms. The van der Waals surface area contributed by atoms with E-state index in [0.717, 1.165) is 30.8 Å². The van der Waals surface area contributed by atoms with Gasteiger partial charge in [0, 0.05) is 45.1 Å². The maximum atomic E-state index is 12.0. The summed E-state index contributed by atoms with van der Waals surface area (Å²) in [4.78, 5) is 20.5. The fourth-order valence-corrected chi connectivity index (χ4v) is 3.59. The summed E-state index contributed by atoms with van der Waals surface area (Å²) >= 11 is 0. The number of nitriles is 1. The zero-order valence-electron chi connectivity index (χ0n) is 16.4. The van der Waals surface area contributed by atoms with Crippen molar-refractivity contribution in [1.29, 1.82) is 5.26 Å². The minimum absolute atomic E-state index is 0.588. The first-order valence-electron chi connectivity index (χ1n) is 9.50. The minimum atomic E-state index is -0.840. The maximum absolute atomic E-state index is 12.0. The van der Waals surface area contributed by atoms with Gasteiger partial charge in [0.2, 0.25) is 0 Å². The van der Waals surface area contributed by atoms with Gasteiger partial charge >= 0.3 is 5.97 Å². The molecule has 1 N–H and O–H groups in total. The zero-order valence-corrected chi connectivity index (χ0v) is 16.4. The quantitative estimate of drug-likeness (QED) is 0.833. The van der Waals surface area contributed by atoms with E-state index in [1.165, 1.54) is 5.56 Å². The van der Waals surface area contributed by atoms with E-state index in [0.29, 0.717) is 13.1 Å². The van der Waals surface area contributed by atoms with E-state index in [1.54, 1.807) is 6.20 Å². The van der Waals surface area contributed by atoms with Crippen LogP contribution in [0.4, 0.5) is 0 Å². The van der Waals surface area contributed by atoms with E-state index in [9.17, 15) is 15.2 Å². The molecule has 1 aliphatic rings.